The van der Waals surface area contributed by atoms with Gasteiger partial charge in [0, 0.05) is 35.1 Å². The average Bonchev–Trinajstić information content (AvgIpc) is 3.04. The number of H-pyrrole nitrogens is 1. The molecule has 0 aliphatic carbocycles. The minimum absolute atomic E-state index is 1.11. The van der Waals surface area contributed by atoms with E-state index in [4.69, 9.17) is 0 Å². The van der Waals surface area contributed by atoms with Gasteiger partial charge in [-0.25, -0.2) is 0 Å². The Labute approximate surface area is 123 Å². The maximum absolute atomic E-state index is 4.19. The molecule has 0 spiro atoms. The molecular formula is C19H13N2. The quantitative estimate of drug-likeness (QED) is 0.561. The van der Waals surface area contributed by atoms with Crippen molar-refractivity contribution >= 4 is 10.9 Å². The summed E-state index contributed by atoms with van der Waals surface area (Å²) in [4.78, 5) is 7.44. The Kier molecular flexibility index (Phi) is 2.79. The van der Waals surface area contributed by atoms with E-state index in [0.29, 0.717) is 0 Å². The zero-order valence-electron chi connectivity index (χ0n) is 11.4. The van der Waals surface area contributed by atoms with Crippen molar-refractivity contribution in [2.45, 2.75) is 0 Å². The summed E-state index contributed by atoms with van der Waals surface area (Å²) in [5.41, 5.74) is 5.78. The number of hydrogen-bond donors (Lipinski definition) is 1. The summed E-state index contributed by atoms with van der Waals surface area (Å²) in [6.07, 6.45) is 5.64. The maximum atomic E-state index is 4.19. The highest BCUT2D eigenvalue weighted by Gasteiger charge is 2.06. The van der Waals surface area contributed by atoms with Crippen molar-refractivity contribution in [3.63, 3.8) is 0 Å². The molecule has 2 heteroatoms. The molecule has 2 aromatic carbocycles. The molecule has 2 heterocycles. The molecular weight excluding hydrogens is 256 g/mol. The van der Waals surface area contributed by atoms with Gasteiger partial charge in [0.25, 0.3) is 0 Å². The molecule has 21 heavy (non-hydrogen) atoms. The smallest absolute Gasteiger partial charge is 0.0460 e. The summed E-state index contributed by atoms with van der Waals surface area (Å²) in [6.45, 7) is 0. The summed E-state index contributed by atoms with van der Waals surface area (Å²) in [6, 6.07) is 21.9. The van der Waals surface area contributed by atoms with Gasteiger partial charge in [0.05, 0.1) is 0 Å². The molecule has 0 aliphatic heterocycles. The lowest BCUT2D eigenvalue weighted by atomic mass is 9.98. The molecule has 2 aromatic heterocycles. The highest BCUT2D eigenvalue weighted by molar-refractivity contribution is 5.95. The predicted molar refractivity (Wildman–Crippen MR) is 85.8 cm³/mol. The number of aromatic amines is 1. The van der Waals surface area contributed by atoms with Gasteiger partial charge in [-0.05, 0) is 59.2 Å². The number of pyridine rings is 1. The third-order valence-corrected chi connectivity index (χ3v) is 3.69. The van der Waals surface area contributed by atoms with Crippen LogP contribution in [0.1, 0.15) is 0 Å². The van der Waals surface area contributed by atoms with E-state index in [1.54, 1.807) is 6.20 Å². The molecule has 0 saturated carbocycles. The van der Waals surface area contributed by atoms with Crippen molar-refractivity contribution in [3.05, 3.63) is 79.3 Å². The lowest BCUT2D eigenvalue weighted by molar-refractivity contribution is 1.33. The standard InChI is InChI=1S/C19H13N2/c1-4-14(16-6-3-10-20-13-16)12-15(5-1)17-7-2-8-19-18(17)9-11-21-19/h2-13,21H. The molecule has 0 aliphatic rings. The lowest BCUT2D eigenvalue weighted by Gasteiger charge is -2.07. The Morgan fingerprint density at radius 3 is 2.76 bits per heavy atom. The summed E-state index contributed by atoms with van der Waals surface area (Å²) in [7, 11) is 0. The normalized spacial score (nSPS) is 10.9. The first-order valence-electron chi connectivity index (χ1n) is 6.90. The predicted octanol–water partition coefficient (Wildman–Crippen LogP) is 4.70. The molecule has 99 valence electrons. The highest BCUT2D eigenvalue weighted by atomic mass is 14.7. The van der Waals surface area contributed by atoms with Crippen LogP contribution < -0.4 is 0 Å². The summed E-state index contributed by atoms with van der Waals surface area (Å²) in [5.74, 6) is 0. The van der Waals surface area contributed by atoms with Crippen LogP contribution in [0.5, 0.6) is 0 Å². The fourth-order valence-electron chi connectivity index (χ4n) is 2.66. The average molecular weight is 269 g/mol. The van der Waals surface area contributed by atoms with Crippen LogP contribution in [0.25, 0.3) is 33.2 Å². The van der Waals surface area contributed by atoms with E-state index < -0.39 is 0 Å². The van der Waals surface area contributed by atoms with E-state index in [0.717, 1.165) is 16.6 Å². The minimum Gasteiger partial charge on any atom is -0.361 e. The van der Waals surface area contributed by atoms with E-state index in [2.05, 4.69) is 52.4 Å². The Morgan fingerprint density at radius 1 is 0.905 bits per heavy atom. The zero-order chi connectivity index (χ0) is 14.1. The minimum atomic E-state index is 1.11. The van der Waals surface area contributed by atoms with Gasteiger partial charge in [0.2, 0.25) is 0 Å². The Morgan fingerprint density at radius 2 is 1.86 bits per heavy atom. The molecule has 2 nitrogen and oxygen atoms in total. The summed E-state index contributed by atoms with van der Waals surface area (Å²) >= 11 is 0. The van der Waals surface area contributed by atoms with Crippen LogP contribution in [-0.2, 0) is 0 Å². The van der Waals surface area contributed by atoms with Crippen molar-refractivity contribution in [2.24, 2.45) is 0 Å². The van der Waals surface area contributed by atoms with E-state index in [9.17, 15) is 0 Å². The van der Waals surface area contributed by atoms with Gasteiger partial charge >= 0.3 is 0 Å². The number of rotatable bonds is 2. The first-order chi connectivity index (χ1) is 10.4. The van der Waals surface area contributed by atoms with Crippen LogP contribution in [0.2, 0.25) is 0 Å². The fraction of sp³-hybridized carbons (Fsp3) is 0. The number of benzene rings is 2. The number of hydrogen-bond acceptors (Lipinski definition) is 1. The number of nitrogens with zero attached hydrogens (tertiary/aromatic N) is 1. The Bertz CT molecular complexity index is 892. The first kappa shape index (κ1) is 11.9. The largest absolute Gasteiger partial charge is 0.361 e. The van der Waals surface area contributed by atoms with E-state index in [-0.39, 0.29) is 0 Å². The van der Waals surface area contributed by atoms with Crippen LogP contribution in [0.15, 0.2) is 73.2 Å². The molecule has 0 bridgehead atoms. The summed E-state index contributed by atoms with van der Waals surface area (Å²) < 4.78 is 0. The Hall–Kier alpha value is -2.87. The van der Waals surface area contributed by atoms with Crippen LogP contribution in [0, 0.1) is 6.07 Å². The second kappa shape index (κ2) is 4.91. The van der Waals surface area contributed by atoms with Crippen LogP contribution in [0.3, 0.4) is 0 Å². The first-order valence-corrected chi connectivity index (χ1v) is 6.90. The van der Waals surface area contributed by atoms with Gasteiger partial charge < -0.3 is 4.98 Å². The van der Waals surface area contributed by atoms with Gasteiger partial charge in [-0.15, -0.1) is 0 Å². The zero-order valence-corrected chi connectivity index (χ0v) is 11.4. The van der Waals surface area contributed by atoms with Gasteiger partial charge in [-0.3, -0.25) is 4.98 Å². The van der Waals surface area contributed by atoms with Gasteiger partial charge in [0.1, 0.15) is 0 Å². The van der Waals surface area contributed by atoms with E-state index >= 15 is 0 Å². The molecule has 0 saturated heterocycles. The molecule has 4 rings (SSSR count). The molecule has 0 fully saturated rings. The Balaban J connectivity index is 1.88. The van der Waals surface area contributed by atoms with Crippen LogP contribution in [-0.4, -0.2) is 9.97 Å². The topological polar surface area (TPSA) is 28.7 Å². The second-order valence-electron chi connectivity index (χ2n) is 5.00. The third kappa shape index (κ3) is 2.11. The molecule has 0 atom stereocenters. The third-order valence-electron chi connectivity index (χ3n) is 3.69. The SMILES string of the molecule is [c]1cc(-c2cccnc2)cc(-c2cccc3[nH]ccc23)c1. The van der Waals surface area contributed by atoms with Crippen LogP contribution in [0.4, 0.5) is 0 Å². The van der Waals surface area contributed by atoms with Gasteiger partial charge in [-0.1, -0.05) is 18.2 Å². The molecule has 0 amide bonds. The number of nitrogens with one attached hydrogen (secondary N) is 1. The summed E-state index contributed by atoms with van der Waals surface area (Å²) in [5, 5.41) is 1.23. The maximum Gasteiger partial charge on any atom is 0.0460 e. The molecule has 0 unspecified atom stereocenters. The van der Waals surface area contributed by atoms with E-state index in [1.807, 2.05) is 30.6 Å². The second-order valence-corrected chi connectivity index (χ2v) is 5.00. The lowest BCUT2D eigenvalue weighted by Crippen LogP contribution is -1.83. The van der Waals surface area contributed by atoms with Crippen molar-refractivity contribution < 1.29 is 0 Å². The number of fused-ring (bicyclic) bond motifs is 1. The van der Waals surface area contributed by atoms with Crippen molar-refractivity contribution in [1.29, 1.82) is 0 Å². The van der Waals surface area contributed by atoms with Gasteiger partial charge in [0.15, 0.2) is 0 Å². The van der Waals surface area contributed by atoms with Crippen LogP contribution >= 0.6 is 0 Å². The number of aromatic nitrogens is 2. The van der Waals surface area contributed by atoms with Crippen molar-refractivity contribution in [2.75, 3.05) is 0 Å². The monoisotopic (exact) mass is 269 g/mol. The van der Waals surface area contributed by atoms with Crippen molar-refractivity contribution in [3.8, 4) is 22.3 Å². The molecule has 4 aromatic rings. The fourth-order valence-corrected chi connectivity index (χ4v) is 2.66. The molecule has 1 radical (unpaired) electrons. The highest BCUT2D eigenvalue weighted by Crippen LogP contribution is 2.30. The molecule has 1 N–H and O–H groups in total. The van der Waals surface area contributed by atoms with Crippen molar-refractivity contribution in [1.82, 2.24) is 9.97 Å². The van der Waals surface area contributed by atoms with Gasteiger partial charge in [-0.2, -0.15) is 0 Å². The van der Waals surface area contributed by atoms with E-state index in [1.165, 1.54) is 16.5 Å².